The minimum atomic E-state index is -5.04. The van der Waals surface area contributed by atoms with Gasteiger partial charge in [-0.15, -0.1) is 13.2 Å². The van der Waals surface area contributed by atoms with Gasteiger partial charge in [0.15, 0.2) is 0 Å². The number of nitrogens with one attached hydrogen (secondary N) is 1. The molecular formula is C19H21F3N2O5S2. The van der Waals surface area contributed by atoms with E-state index in [0.717, 1.165) is 31.4 Å². The molecule has 1 heterocycles. The van der Waals surface area contributed by atoms with E-state index in [1.54, 1.807) is 0 Å². The van der Waals surface area contributed by atoms with Crippen molar-refractivity contribution in [1.82, 2.24) is 9.03 Å². The van der Waals surface area contributed by atoms with E-state index < -0.39 is 37.1 Å². The Bertz CT molecular complexity index is 1110. The molecule has 2 aromatic rings. The quantitative estimate of drug-likeness (QED) is 0.660. The van der Waals surface area contributed by atoms with E-state index >= 15 is 0 Å². The molecule has 3 rings (SSSR count). The van der Waals surface area contributed by atoms with Gasteiger partial charge in [0.05, 0.1) is 4.90 Å². The second-order valence-electron chi connectivity index (χ2n) is 6.93. The molecule has 31 heavy (non-hydrogen) atoms. The first-order valence-corrected chi connectivity index (χ1v) is 12.3. The lowest BCUT2D eigenvalue weighted by molar-refractivity contribution is -0.275. The third kappa shape index (κ3) is 5.97. The van der Waals surface area contributed by atoms with Gasteiger partial charge in [-0.25, -0.2) is 21.6 Å². The number of para-hydroxylation sites is 1. The Morgan fingerprint density at radius 1 is 0.903 bits per heavy atom. The number of alkyl halides is 3. The Morgan fingerprint density at radius 3 is 2.13 bits per heavy atom. The van der Waals surface area contributed by atoms with Crippen LogP contribution in [0.4, 0.5) is 13.2 Å². The van der Waals surface area contributed by atoms with Gasteiger partial charge in [-0.2, -0.15) is 4.31 Å². The number of hydrogen-bond donors (Lipinski definition) is 1. The van der Waals surface area contributed by atoms with E-state index in [1.165, 1.54) is 40.7 Å². The summed E-state index contributed by atoms with van der Waals surface area (Å²) in [5.74, 6) is -0.842. The monoisotopic (exact) mass is 478 g/mol. The summed E-state index contributed by atoms with van der Waals surface area (Å²) >= 11 is 0. The van der Waals surface area contributed by atoms with Crippen LogP contribution < -0.4 is 9.46 Å². The molecular weight excluding hydrogens is 457 g/mol. The highest BCUT2D eigenvalue weighted by Crippen LogP contribution is 2.29. The normalized spacial score (nSPS) is 16.2. The van der Waals surface area contributed by atoms with Crippen LogP contribution in [0.5, 0.6) is 5.75 Å². The SMILES string of the molecule is O=S(=O)(NCc1ccc(S(=O)(=O)N2CCCCC2)cc1)c1ccccc1OC(F)(F)F. The summed E-state index contributed by atoms with van der Waals surface area (Å²) in [5, 5.41) is 0. The van der Waals surface area contributed by atoms with Gasteiger partial charge >= 0.3 is 6.36 Å². The van der Waals surface area contributed by atoms with Crippen LogP contribution in [-0.4, -0.2) is 40.6 Å². The first-order chi connectivity index (χ1) is 14.5. The molecule has 0 saturated carbocycles. The lowest BCUT2D eigenvalue weighted by Crippen LogP contribution is -2.35. The third-order valence-corrected chi connectivity index (χ3v) is 8.06. The zero-order valence-electron chi connectivity index (χ0n) is 16.3. The van der Waals surface area contributed by atoms with Gasteiger partial charge in [-0.3, -0.25) is 0 Å². The summed E-state index contributed by atoms with van der Waals surface area (Å²) in [4.78, 5) is -0.554. The molecule has 7 nitrogen and oxygen atoms in total. The van der Waals surface area contributed by atoms with Gasteiger partial charge < -0.3 is 4.74 Å². The Morgan fingerprint density at radius 2 is 1.52 bits per heavy atom. The Kier molecular flexibility index (Phi) is 6.94. The van der Waals surface area contributed by atoms with Crippen molar-refractivity contribution in [3.63, 3.8) is 0 Å². The highest BCUT2D eigenvalue weighted by Gasteiger charge is 2.34. The summed E-state index contributed by atoms with van der Waals surface area (Å²) in [7, 11) is -7.94. The van der Waals surface area contributed by atoms with Crippen molar-refractivity contribution in [3.8, 4) is 5.75 Å². The summed E-state index contributed by atoms with van der Waals surface area (Å²) < 4.78 is 95.3. The summed E-state index contributed by atoms with van der Waals surface area (Å²) in [6.07, 6.45) is -2.44. The maximum absolute atomic E-state index is 12.7. The van der Waals surface area contributed by atoms with Crippen LogP contribution in [0, 0.1) is 0 Å². The van der Waals surface area contributed by atoms with E-state index in [-0.39, 0.29) is 11.4 Å². The van der Waals surface area contributed by atoms with Gasteiger partial charge in [0.25, 0.3) is 0 Å². The van der Waals surface area contributed by atoms with Crippen LogP contribution in [0.1, 0.15) is 24.8 Å². The van der Waals surface area contributed by atoms with E-state index in [9.17, 15) is 30.0 Å². The molecule has 0 amide bonds. The number of hydrogen-bond acceptors (Lipinski definition) is 5. The second-order valence-corrected chi connectivity index (χ2v) is 10.6. The van der Waals surface area contributed by atoms with Crippen LogP contribution in [-0.2, 0) is 26.6 Å². The Labute approximate surface area is 178 Å². The minimum absolute atomic E-state index is 0.102. The molecule has 1 aliphatic heterocycles. The van der Waals surface area contributed by atoms with Gasteiger partial charge in [0.2, 0.25) is 20.0 Å². The molecule has 12 heteroatoms. The van der Waals surface area contributed by atoms with E-state index in [4.69, 9.17) is 0 Å². The molecule has 0 aliphatic carbocycles. The molecule has 1 fully saturated rings. The third-order valence-electron chi connectivity index (χ3n) is 4.71. The highest BCUT2D eigenvalue weighted by atomic mass is 32.2. The number of ether oxygens (including phenoxy) is 1. The Hall–Kier alpha value is -2.15. The van der Waals surface area contributed by atoms with Gasteiger partial charge in [-0.05, 0) is 42.7 Å². The fourth-order valence-corrected chi connectivity index (χ4v) is 5.83. The largest absolute Gasteiger partial charge is 0.573 e. The number of nitrogens with zero attached hydrogens (tertiary/aromatic N) is 1. The second kappa shape index (κ2) is 9.15. The first-order valence-electron chi connectivity index (χ1n) is 9.43. The fourth-order valence-electron chi connectivity index (χ4n) is 3.17. The number of sulfonamides is 2. The predicted octanol–water partition coefficient (Wildman–Crippen LogP) is 3.24. The average Bonchev–Trinajstić information content (AvgIpc) is 2.72. The maximum atomic E-state index is 12.7. The molecule has 0 bridgehead atoms. The molecule has 0 atom stereocenters. The zero-order chi connectivity index (χ0) is 22.7. The van der Waals surface area contributed by atoms with Crippen molar-refractivity contribution in [1.29, 1.82) is 0 Å². The summed E-state index contributed by atoms with van der Waals surface area (Å²) in [5.41, 5.74) is 0.440. The van der Waals surface area contributed by atoms with Crippen LogP contribution in [0.25, 0.3) is 0 Å². The van der Waals surface area contributed by atoms with Crippen molar-refractivity contribution in [3.05, 3.63) is 54.1 Å². The van der Waals surface area contributed by atoms with Crippen LogP contribution in [0.15, 0.2) is 58.3 Å². The lowest BCUT2D eigenvalue weighted by Gasteiger charge is -2.25. The van der Waals surface area contributed by atoms with Gasteiger partial charge in [0, 0.05) is 19.6 Å². The van der Waals surface area contributed by atoms with Crippen LogP contribution in [0.3, 0.4) is 0 Å². The first kappa shape index (κ1) is 23.5. The van der Waals surface area contributed by atoms with E-state index in [0.29, 0.717) is 18.7 Å². The lowest BCUT2D eigenvalue weighted by atomic mass is 10.2. The molecule has 1 aliphatic rings. The smallest absolute Gasteiger partial charge is 0.404 e. The molecule has 170 valence electrons. The van der Waals surface area contributed by atoms with Crippen molar-refractivity contribution in [2.75, 3.05) is 13.1 Å². The average molecular weight is 479 g/mol. The van der Waals surface area contributed by atoms with E-state index in [1.807, 2.05) is 0 Å². The number of benzene rings is 2. The predicted molar refractivity (Wildman–Crippen MR) is 106 cm³/mol. The molecule has 0 spiro atoms. The Balaban J connectivity index is 1.72. The zero-order valence-corrected chi connectivity index (χ0v) is 17.9. The summed E-state index contributed by atoms with van der Waals surface area (Å²) in [6.45, 7) is 0.680. The van der Waals surface area contributed by atoms with E-state index in [2.05, 4.69) is 9.46 Å². The van der Waals surface area contributed by atoms with Crippen molar-refractivity contribution in [2.45, 2.75) is 42.0 Å². The van der Waals surface area contributed by atoms with Crippen LogP contribution >= 0.6 is 0 Å². The molecule has 1 N–H and O–H groups in total. The minimum Gasteiger partial charge on any atom is -0.404 e. The van der Waals surface area contributed by atoms with Gasteiger partial charge in [-0.1, -0.05) is 30.7 Å². The number of piperidine rings is 1. The molecule has 0 unspecified atom stereocenters. The van der Waals surface area contributed by atoms with Gasteiger partial charge in [0.1, 0.15) is 10.6 Å². The molecule has 1 saturated heterocycles. The fraction of sp³-hybridized carbons (Fsp3) is 0.368. The molecule has 0 radical (unpaired) electrons. The van der Waals surface area contributed by atoms with Crippen molar-refractivity contribution >= 4 is 20.0 Å². The standard InChI is InChI=1S/C19H21F3N2O5S2/c20-19(21,22)29-17-6-2-3-7-18(17)30(25,26)23-14-15-8-10-16(11-9-15)31(27,28)24-12-4-1-5-13-24/h2-3,6-11,23H,1,4-5,12-14H2. The molecule has 0 aromatic heterocycles. The number of rotatable bonds is 7. The van der Waals surface area contributed by atoms with Crippen molar-refractivity contribution < 1.29 is 34.7 Å². The van der Waals surface area contributed by atoms with Crippen molar-refractivity contribution in [2.24, 2.45) is 0 Å². The topological polar surface area (TPSA) is 92.8 Å². The maximum Gasteiger partial charge on any atom is 0.573 e. The summed E-state index contributed by atoms with van der Waals surface area (Å²) in [6, 6.07) is 10.1. The molecule has 2 aromatic carbocycles. The highest BCUT2D eigenvalue weighted by molar-refractivity contribution is 7.89. The number of halogens is 3. The van der Waals surface area contributed by atoms with Crippen LogP contribution in [0.2, 0.25) is 0 Å².